The van der Waals surface area contributed by atoms with Crippen molar-refractivity contribution in [3.63, 3.8) is 0 Å². The number of nitrogens with one attached hydrogen (secondary N) is 3. The van der Waals surface area contributed by atoms with E-state index >= 15 is 0 Å². The number of urea groups is 1. The lowest BCUT2D eigenvalue weighted by Gasteiger charge is -2.27. The highest BCUT2D eigenvalue weighted by molar-refractivity contribution is 6.34. The topological polar surface area (TPSA) is 59.6 Å². The molecule has 0 aliphatic carbocycles. The Morgan fingerprint density at radius 1 is 1.15 bits per heavy atom. The molecular formula is C16H15ClF3N5O. The van der Waals surface area contributed by atoms with Crippen LogP contribution in [-0.2, 0) is 12.7 Å². The number of nitrogens with zero attached hydrogens (tertiary/aromatic N) is 2. The first-order valence-electron chi connectivity index (χ1n) is 7.54. The van der Waals surface area contributed by atoms with Gasteiger partial charge in [0.25, 0.3) is 0 Å². The minimum absolute atomic E-state index is 0.0463. The van der Waals surface area contributed by atoms with Gasteiger partial charge in [-0.15, -0.1) is 11.1 Å². The standard InChI is InChI=1S/C16H15ClF3N5O/c1-24(9-10-5-2-3-6-11(10)16(18,19)20)14-12(17)7-4-8-13(14)25-15(26)21-22-23-25/h2-8,22-23H,9H2,1H3,(H,21,26). The molecule has 0 spiro atoms. The number of hydrogen-bond acceptors (Lipinski definition) is 4. The molecule has 1 fully saturated rings. The maximum Gasteiger partial charge on any atom is 0.416 e. The van der Waals surface area contributed by atoms with Gasteiger partial charge in [0.15, 0.2) is 0 Å². The van der Waals surface area contributed by atoms with Gasteiger partial charge in [0.2, 0.25) is 0 Å². The largest absolute Gasteiger partial charge is 0.416 e. The van der Waals surface area contributed by atoms with E-state index < -0.39 is 17.8 Å². The molecule has 0 bridgehead atoms. The molecule has 0 unspecified atom stereocenters. The Bertz CT molecular complexity index is 830. The van der Waals surface area contributed by atoms with Gasteiger partial charge in [-0.2, -0.15) is 13.2 Å². The van der Waals surface area contributed by atoms with Crippen molar-refractivity contribution in [3.05, 3.63) is 58.6 Å². The van der Waals surface area contributed by atoms with E-state index in [9.17, 15) is 18.0 Å². The summed E-state index contributed by atoms with van der Waals surface area (Å²) in [5.41, 5.74) is 7.60. The van der Waals surface area contributed by atoms with Crippen LogP contribution in [-0.4, -0.2) is 13.1 Å². The second kappa shape index (κ2) is 7.02. The Hall–Kier alpha value is -2.49. The van der Waals surface area contributed by atoms with Crippen molar-refractivity contribution < 1.29 is 18.0 Å². The minimum atomic E-state index is -4.46. The molecule has 3 rings (SSSR count). The Morgan fingerprint density at radius 2 is 1.88 bits per heavy atom. The molecule has 2 aromatic rings. The fourth-order valence-corrected chi connectivity index (χ4v) is 3.06. The molecule has 138 valence electrons. The lowest BCUT2D eigenvalue weighted by atomic mass is 10.1. The predicted octanol–water partition coefficient (Wildman–Crippen LogP) is 3.45. The van der Waals surface area contributed by atoms with Crippen molar-refractivity contribution in [1.29, 1.82) is 0 Å². The van der Waals surface area contributed by atoms with Gasteiger partial charge >= 0.3 is 12.2 Å². The number of benzene rings is 2. The second-order valence-electron chi connectivity index (χ2n) is 5.62. The van der Waals surface area contributed by atoms with E-state index in [1.807, 2.05) is 0 Å². The Kier molecular flexibility index (Phi) is 4.94. The van der Waals surface area contributed by atoms with Crippen molar-refractivity contribution in [3.8, 4) is 0 Å². The average Bonchev–Trinajstić information content (AvgIpc) is 3.00. The third kappa shape index (κ3) is 3.55. The number of hydrogen-bond donors (Lipinski definition) is 3. The average molecular weight is 386 g/mol. The van der Waals surface area contributed by atoms with Gasteiger partial charge < -0.3 is 4.90 Å². The van der Waals surface area contributed by atoms with Crippen LogP contribution in [0.15, 0.2) is 42.5 Å². The maximum absolute atomic E-state index is 13.2. The molecule has 0 atom stereocenters. The van der Waals surface area contributed by atoms with E-state index in [-0.39, 0.29) is 12.1 Å². The minimum Gasteiger partial charge on any atom is -0.367 e. The van der Waals surface area contributed by atoms with Gasteiger partial charge in [-0.25, -0.2) is 9.80 Å². The van der Waals surface area contributed by atoms with Gasteiger partial charge in [-0.3, -0.25) is 5.43 Å². The lowest BCUT2D eigenvalue weighted by molar-refractivity contribution is -0.138. The van der Waals surface area contributed by atoms with E-state index in [1.54, 1.807) is 36.2 Å². The third-order valence-corrected chi connectivity index (χ3v) is 4.16. The molecule has 1 heterocycles. The summed E-state index contributed by atoms with van der Waals surface area (Å²) in [5.74, 6) is 0. The first-order chi connectivity index (χ1) is 12.3. The van der Waals surface area contributed by atoms with Gasteiger partial charge in [0, 0.05) is 13.6 Å². The normalized spacial score (nSPS) is 14.5. The molecule has 0 saturated carbocycles. The van der Waals surface area contributed by atoms with Gasteiger partial charge in [0.1, 0.15) is 0 Å². The molecule has 0 radical (unpaired) electrons. The molecule has 6 nitrogen and oxygen atoms in total. The highest BCUT2D eigenvalue weighted by Crippen LogP contribution is 2.38. The molecule has 0 aromatic heterocycles. The molecular weight excluding hydrogens is 371 g/mol. The first-order valence-corrected chi connectivity index (χ1v) is 7.92. The van der Waals surface area contributed by atoms with Gasteiger partial charge in [-0.05, 0) is 23.8 Å². The molecule has 1 aliphatic rings. The number of anilines is 2. The molecule has 10 heteroatoms. The van der Waals surface area contributed by atoms with Gasteiger partial charge in [-0.1, -0.05) is 35.9 Å². The zero-order chi connectivity index (χ0) is 18.9. The molecule has 1 saturated heterocycles. The van der Waals surface area contributed by atoms with Crippen molar-refractivity contribution in [2.45, 2.75) is 12.7 Å². The highest BCUT2D eigenvalue weighted by Gasteiger charge is 2.33. The monoisotopic (exact) mass is 385 g/mol. The Labute approximate surface area is 152 Å². The summed E-state index contributed by atoms with van der Waals surface area (Å²) in [4.78, 5) is 13.4. The number of hydrazine groups is 3. The van der Waals surface area contributed by atoms with Crippen molar-refractivity contribution in [2.75, 3.05) is 17.0 Å². The lowest BCUT2D eigenvalue weighted by Crippen LogP contribution is -2.38. The van der Waals surface area contributed by atoms with E-state index in [0.29, 0.717) is 16.4 Å². The van der Waals surface area contributed by atoms with E-state index in [0.717, 1.165) is 6.07 Å². The summed E-state index contributed by atoms with van der Waals surface area (Å²) in [5, 5.41) is 1.48. The number of halogens is 4. The van der Waals surface area contributed by atoms with Crippen molar-refractivity contribution in [2.24, 2.45) is 0 Å². The molecule has 1 aliphatic heterocycles. The third-order valence-electron chi connectivity index (χ3n) is 3.86. The summed E-state index contributed by atoms with van der Waals surface area (Å²) in [6, 6.07) is 9.75. The van der Waals surface area contributed by atoms with E-state index in [4.69, 9.17) is 11.6 Å². The number of alkyl halides is 3. The zero-order valence-corrected chi connectivity index (χ0v) is 14.3. The number of rotatable bonds is 4. The van der Waals surface area contributed by atoms with Crippen LogP contribution in [0.4, 0.5) is 29.3 Å². The summed E-state index contributed by atoms with van der Waals surface area (Å²) in [7, 11) is 1.61. The fourth-order valence-electron chi connectivity index (χ4n) is 2.75. The number of amides is 2. The summed E-state index contributed by atoms with van der Waals surface area (Å²) in [6.07, 6.45) is -4.46. The van der Waals surface area contributed by atoms with Crippen LogP contribution in [0, 0.1) is 0 Å². The van der Waals surface area contributed by atoms with E-state index in [2.05, 4.69) is 16.5 Å². The Balaban J connectivity index is 1.97. The quantitative estimate of drug-likeness (QED) is 0.754. The number of carbonyl (C=O) groups is 1. The highest BCUT2D eigenvalue weighted by atomic mass is 35.5. The Morgan fingerprint density at radius 3 is 2.54 bits per heavy atom. The van der Waals surface area contributed by atoms with Crippen LogP contribution in [0.3, 0.4) is 0 Å². The predicted molar refractivity (Wildman–Crippen MR) is 92.3 cm³/mol. The summed E-state index contributed by atoms with van der Waals surface area (Å²) in [6.45, 7) is -0.0463. The molecule has 26 heavy (non-hydrogen) atoms. The first kappa shape index (κ1) is 18.3. The molecule has 2 amide bonds. The van der Waals surface area contributed by atoms with Crippen LogP contribution in [0.25, 0.3) is 0 Å². The van der Waals surface area contributed by atoms with Crippen molar-refractivity contribution >= 4 is 29.0 Å². The molecule has 2 aromatic carbocycles. The molecule has 3 N–H and O–H groups in total. The van der Waals surface area contributed by atoms with Crippen LogP contribution < -0.4 is 26.4 Å². The number of para-hydroxylation sites is 1. The maximum atomic E-state index is 13.2. The smallest absolute Gasteiger partial charge is 0.367 e. The fraction of sp³-hybridized carbons (Fsp3) is 0.188. The van der Waals surface area contributed by atoms with E-state index in [1.165, 1.54) is 17.1 Å². The van der Waals surface area contributed by atoms with Crippen molar-refractivity contribution in [1.82, 2.24) is 16.5 Å². The van der Waals surface area contributed by atoms with Crippen LogP contribution in [0.5, 0.6) is 0 Å². The van der Waals surface area contributed by atoms with Gasteiger partial charge in [0.05, 0.1) is 22.0 Å². The summed E-state index contributed by atoms with van der Waals surface area (Å²) >= 11 is 6.28. The zero-order valence-electron chi connectivity index (χ0n) is 13.6. The van der Waals surface area contributed by atoms with Crippen LogP contribution >= 0.6 is 11.6 Å². The SMILES string of the molecule is CN(Cc1ccccc1C(F)(F)F)c1c(Cl)cccc1N1NNNC1=O. The summed E-state index contributed by atoms with van der Waals surface area (Å²) < 4.78 is 39.7. The van der Waals surface area contributed by atoms with Crippen LogP contribution in [0.2, 0.25) is 5.02 Å². The second-order valence-corrected chi connectivity index (χ2v) is 6.03. The van der Waals surface area contributed by atoms with Crippen LogP contribution in [0.1, 0.15) is 11.1 Å². The number of carbonyl (C=O) groups excluding carboxylic acids is 1.